The second kappa shape index (κ2) is 9.92. The molecule has 0 rings (SSSR count). The standard InChI is InChI=1S/C9H21NO3/c1-4-12-9(13-5-2)8-10-6-7-11-3/h9-10H,4-8H2,1-3H3. The van der Waals surface area contributed by atoms with Crippen LogP contribution in [0.3, 0.4) is 0 Å². The maximum absolute atomic E-state index is 5.34. The van der Waals surface area contributed by atoms with Gasteiger partial charge in [-0.05, 0) is 13.8 Å². The Morgan fingerprint density at radius 1 is 1.15 bits per heavy atom. The molecule has 0 saturated carbocycles. The lowest BCUT2D eigenvalue weighted by molar-refractivity contribution is -0.133. The summed E-state index contributed by atoms with van der Waals surface area (Å²) in [6, 6.07) is 0. The van der Waals surface area contributed by atoms with Crippen LogP contribution in [0.15, 0.2) is 0 Å². The molecule has 4 heteroatoms. The molecule has 0 radical (unpaired) electrons. The van der Waals surface area contributed by atoms with Crippen molar-refractivity contribution in [3.05, 3.63) is 0 Å². The van der Waals surface area contributed by atoms with Crippen LogP contribution < -0.4 is 5.32 Å². The minimum atomic E-state index is -0.133. The molecule has 0 saturated heterocycles. The Morgan fingerprint density at radius 3 is 2.23 bits per heavy atom. The molecule has 4 nitrogen and oxygen atoms in total. The third kappa shape index (κ3) is 8.18. The van der Waals surface area contributed by atoms with Gasteiger partial charge in [0.05, 0.1) is 6.61 Å². The summed E-state index contributed by atoms with van der Waals surface area (Å²) >= 11 is 0. The van der Waals surface area contributed by atoms with Gasteiger partial charge in [-0.1, -0.05) is 0 Å². The van der Waals surface area contributed by atoms with Crippen molar-refractivity contribution in [2.75, 3.05) is 40.0 Å². The molecule has 0 aliphatic heterocycles. The summed E-state index contributed by atoms with van der Waals surface area (Å²) in [7, 11) is 1.68. The summed E-state index contributed by atoms with van der Waals surface area (Å²) in [6.45, 7) is 7.53. The fourth-order valence-electron chi connectivity index (χ4n) is 0.932. The second-order valence-electron chi connectivity index (χ2n) is 2.54. The molecule has 0 aromatic rings. The Labute approximate surface area is 80.5 Å². The van der Waals surface area contributed by atoms with Crippen LogP contribution in [0.4, 0.5) is 0 Å². The van der Waals surface area contributed by atoms with Gasteiger partial charge in [-0.15, -0.1) is 0 Å². The number of hydrogen-bond donors (Lipinski definition) is 1. The predicted octanol–water partition coefficient (Wildman–Crippen LogP) is 0.621. The van der Waals surface area contributed by atoms with Gasteiger partial charge in [0.15, 0.2) is 6.29 Å². The van der Waals surface area contributed by atoms with Gasteiger partial charge in [-0.2, -0.15) is 0 Å². The van der Waals surface area contributed by atoms with Crippen LogP contribution in [-0.4, -0.2) is 46.3 Å². The molecule has 0 aromatic carbocycles. The van der Waals surface area contributed by atoms with E-state index in [1.807, 2.05) is 13.8 Å². The number of ether oxygens (including phenoxy) is 3. The lowest BCUT2D eigenvalue weighted by Crippen LogP contribution is -2.33. The summed E-state index contributed by atoms with van der Waals surface area (Å²) in [6.07, 6.45) is -0.133. The van der Waals surface area contributed by atoms with E-state index in [1.165, 1.54) is 0 Å². The van der Waals surface area contributed by atoms with Crippen molar-refractivity contribution in [1.82, 2.24) is 5.32 Å². The average Bonchev–Trinajstić information content (AvgIpc) is 2.13. The first-order valence-electron chi connectivity index (χ1n) is 4.78. The third-order valence-corrected chi connectivity index (χ3v) is 1.50. The molecule has 0 atom stereocenters. The minimum Gasteiger partial charge on any atom is -0.383 e. The summed E-state index contributed by atoms with van der Waals surface area (Å²) in [4.78, 5) is 0. The Morgan fingerprint density at radius 2 is 1.77 bits per heavy atom. The van der Waals surface area contributed by atoms with Crippen molar-refractivity contribution >= 4 is 0 Å². The zero-order chi connectivity index (χ0) is 9.94. The van der Waals surface area contributed by atoms with Gasteiger partial charge in [0.25, 0.3) is 0 Å². The summed E-state index contributed by atoms with van der Waals surface area (Å²) in [5.74, 6) is 0. The van der Waals surface area contributed by atoms with Crippen molar-refractivity contribution in [3.8, 4) is 0 Å². The second-order valence-corrected chi connectivity index (χ2v) is 2.54. The smallest absolute Gasteiger partial charge is 0.169 e. The third-order valence-electron chi connectivity index (χ3n) is 1.50. The van der Waals surface area contributed by atoms with Crippen LogP contribution >= 0.6 is 0 Å². The average molecular weight is 191 g/mol. The van der Waals surface area contributed by atoms with Crippen molar-refractivity contribution in [1.29, 1.82) is 0 Å². The first kappa shape index (κ1) is 12.8. The number of methoxy groups -OCH3 is 1. The Bertz CT molecular complexity index is 94.9. The van der Waals surface area contributed by atoms with E-state index in [0.29, 0.717) is 26.4 Å². The zero-order valence-electron chi connectivity index (χ0n) is 8.84. The quantitative estimate of drug-likeness (QED) is 0.428. The van der Waals surface area contributed by atoms with E-state index < -0.39 is 0 Å². The Balaban J connectivity index is 3.33. The number of nitrogens with one attached hydrogen (secondary N) is 1. The van der Waals surface area contributed by atoms with Gasteiger partial charge in [-0.3, -0.25) is 0 Å². The van der Waals surface area contributed by atoms with Gasteiger partial charge < -0.3 is 19.5 Å². The largest absolute Gasteiger partial charge is 0.383 e. The molecule has 1 N–H and O–H groups in total. The van der Waals surface area contributed by atoms with Gasteiger partial charge in [-0.25, -0.2) is 0 Å². The fourth-order valence-corrected chi connectivity index (χ4v) is 0.932. The molecule has 80 valence electrons. The monoisotopic (exact) mass is 191 g/mol. The molecule has 0 aromatic heterocycles. The van der Waals surface area contributed by atoms with E-state index in [2.05, 4.69) is 5.32 Å². The Hall–Kier alpha value is -0.160. The van der Waals surface area contributed by atoms with Crippen LogP contribution in [0.5, 0.6) is 0 Å². The van der Waals surface area contributed by atoms with Gasteiger partial charge >= 0.3 is 0 Å². The molecular weight excluding hydrogens is 170 g/mol. The highest BCUT2D eigenvalue weighted by atomic mass is 16.7. The molecule has 0 amide bonds. The first-order chi connectivity index (χ1) is 6.35. The molecule has 0 spiro atoms. The van der Waals surface area contributed by atoms with Crippen molar-refractivity contribution in [3.63, 3.8) is 0 Å². The van der Waals surface area contributed by atoms with Crippen molar-refractivity contribution < 1.29 is 14.2 Å². The van der Waals surface area contributed by atoms with E-state index in [-0.39, 0.29) is 6.29 Å². The maximum Gasteiger partial charge on any atom is 0.169 e. The van der Waals surface area contributed by atoms with E-state index in [4.69, 9.17) is 14.2 Å². The molecule has 0 aliphatic rings. The van der Waals surface area contributed by atoms with Gasteiger partial charge in [0, 0.05) is 33.4 Å². The van der Waals surface area contributed by atoms with Crippen LogP contribution in [0.2, 0.25) is 0 Å². The van der Waals surface area contributed by atoms with Gasteiger partial charge in [0.1, 0.15) is 0 Å². The normalized spacial score (nSPS) is 11.1. The molecule has 0 aliphatic carbocycles. The molecule has 13 heavy (non-hydrogen) atoms. The summed E-state index contributed by atoms with van der Waals surface area (Å²) in [5.41, 5.74) is 0. The van der Waals surface area contributed by atoms with Crippen LogP contribution in [0.25, 0.3) is 0 Å². The van der Waals surface area contributed by atoms with E-state index >= 15 is 0 Å². The summed E-state index contributed by atoms with van der Waals surface area (Å²) < 4.78 is 15.6. The Kier molecular flexibility index (Phi) is 9.80. The van der Waals surface area contributed by atoms with Crippen LogP contribution in [0, 0.1) is 0 Å². The van der Waals surface area contributed by atoms with Gasteiger partial charge in [0.2, 0.25) is 0 Å². The zero-order valence-corrected chi connectivity index (χ0v) is 8.84. The van der Waals surface area contributed by atoms with E-state index in [9.17, 15) is 0 Å². The van der Waals surface area contributed by atoms with E-state index in [0.717, 1.165) is 6.54 Å². The molecule has 0 fully saturated rings. The molecular formula is C9H21NO3. The van der Waals surface area contributed by atoms with Crippen molar-refractivity contribution in [2.45, 2.75) is 20.1 Å². The lowest BCUT2D eigenvalue weighted by Gasteiger charge is -2.17. The van der Waals surface area contributed by atoms with Crippen molar-refractivity contribution in [2.24, 2.45) is 0 Å². The summed E-state index contributed by atoms with van der Waals surface area (Å²) in [5, 5.41) is 3.18. The predicted molar refractivity (Wildman–Crippen MR) is 51.8 cm³/mol. The topological polar surface area (TPSA) is 39.7 Å². The molecule has 0 unspecified atom stereocenters. The number of hydrogen-bond acceptors (Lipinski definition) is 4. The highest BCUT2D eigenvalue weighted by Gasteiger charge is 2.05. The SMILES string of the molecule is CCOC(CNCCOC)OCC. The highest BCUT2D eigenvalue weighted by molar-refractivity contribution is 4.50. The van der Waals surface area contributed by atoms with Crippen LogP contribution in [0.1, 0.15) is 13.8 Å². The highest BCUT2D eigenvalue weighted by Crippen LogP contribution is 1.92. The first-order valence-corrected chi connectivity index (χ1v) is 4.78. The van der Waals surface area contributed by atoms with Crippen LogP contribution in [-0.2, 0) is 14.2 Å². The number of rotatable bonds is 9. The minimum absolute atomic E-state index is 0.133. The molecule has 0 bridgehead atoms. The molecule has 0 heterocycles. The maximum atomic E-state index is 5.34. The van der Waals surface area contributed by atoms with E-state index in [1.54, 1.807) is 7.11 Å². The lowest BCUT2D eigenvalue weighted by atomic mass is 10.5. The fraction of sp³-hybridized carbons (Fsp3) is 1.00.